The van der Waals surface area contributed by atoms with Gasteiger partial charge in [-0.05, 0) is 95.0 Å². The molecule has 0 bridgehead atoms. The van der Waals surface area contributed by atoms with Crippen molar-refractivity contribution in [3.05, 3.63) is 179 Å². The molecule has 4 unspecified atom stereocenters. The van der Waals surface area contributed by atoms with E-state index in [4.69, 9.17) is 14.2 Å². The van der Waals surface area contributed by atoms with Crippen LogP contribution in [0.15, 0.2) is 152 Å². The Kier molecular flexibility index (Phi) is 12.9. The number of nitrogens with one attached hydrogen (secondary N) is 2. The van der Waals surface area contributed by atoms with Crippen molar-refractivity contribution in [2.75, 3.05) is 25.5 Å². The molecule has 6 aromatic carbocycles. The molecule has 1 aliphatic rings. The molecule has 0 saturated carbocycles. The number of aromatic hydroxyl groups is 1. The third-order valence-corrected chi connectivity index (χ3v) is 9.86. The summed E-state index contributed by atoms with van der Waals surface area (Å²) in [7, 11) is 1.94. The van der Waals surface area contributed by atoms with Gasteiger partial charge in [0.2, 0.25) is 0 Å². The van der Waals surface area contributed by atoms with Crippen LogP contribution in [0.4, 0.5) is 10.5 Å². The number of likely N-dealkylation sites (N-methyl/N-ethyl adjacent to an activating group) is 1. The zero-order chi connectivity index (χ0) is 39.6. The Bertz CT molecular complexity index is 2200. The summed E-state index contributed by atoms with van der Waals surface area (Å²) in [5.74, 6) is 1.54. The predicted molar refractivity (Wildman–Crippen MR) is 220 cm³/mol. The Morgan fingerprint density at radius 1 is 0.772 bits per heavy atom. The molecular formula is C47H47N3O7. The number of anilines is 1. The molecule has 1 heterocycles. The van der Waals surface area contributed by atoms with Gasteiger partial charge in [0.1, 0.15) is 17.2 Å². The van der Waals surface area contributed by atoms with E-state index in [2.05, 4.69) is 16.7 Å². The molecule has 1 fully saturated rings. The zero-order valence-corrected chi connectivity index (χ0v) is 31.7. The fraction of sp³-hybridized carbons (Fsp3) is 0.213. The van der Waals surface area contributed by atoms with Crippen molar-refractivity contribution in [2.45, 2.75) is 44.2 Å². The van der Waals surface area contributed by atoms with E-state index in [1.165, 1.54) is 0 Å². The lowest BCUT2D eigenvalue weighted by Gasteiger charge is -2.38. The third kappa shape index (κ3) is 10.9. The number of amides is 2. The molecule has 0 spiro atoms. The van der Waals surface area contributed by atoms with E-state index in [9.17, 15) is 20.1 Å². The maximum absolute atomic E-state index is 12.7. The van der Waals surface area contributed by atoms with E-state index in [0.717, 1.165) is 39.1 Å². The van der Waals surface area contributed by atoms with Crippen LogP contribution in [0.1, 0.15) is 52.7 Å². The first kappa shape index (κ1) is 39.2. The Hall–Kier alpha value is -6.01. The number of hydrogen-bond acceptors (Lipinski definition) is 8. The van der Waals surface area contributed by atoms with Gasteiger partial charge in [0.05, 0.1) is 24.9 Å². The summed E-state index contributed by atoms with van der Waals surface area (Å²) in [5.41, 5.74) is 6.96. The Morgan fingerprint density at radius 3 is 2.23 bits per heavy atom. The number of carbonyl (C=O) groups is 1. The van der Waals surface area contributed by atoms with Crippen molar-refractivity contribution in [2.24, 2.45) is 0 Å². The van der Waals surface area contributed by atoms with Crippen LogP contribution in [0.2, 0.25) is 0 Å². The molecule has 0 aromatic heterocycles. The average molecular weight is 766 g/mol. The van der Waals surface area contributed by atoms with E-state index < -0.39 is 12.4 Å². The number of carbonyl (C=O) groups excluding carboxylic acids is 1. The molecule has 57 heavy (non-hydrogen) atoms. The summed E-state index contributed by atoms with van der Waals surface area (Å²) < 4.78 is 19.0. The fourth-order valence-electron chi connectivity index (χ4n) is 6.87. The molecule has 10 heteroatoms. The summed E-state index contributed by atoms with van der Waals surface area (Å²) in [6.07, 6.45) is -1.26. The van der Waals surface area contributed by atoms with E-state index in [1.54, 1.807) is 36.4 Å². The maximum Gasteiger partial charge on any atom is 0.319 e. The molecule has 6 aromatic rings. The number of benzene rings is 6. The average Bonchev–Trinajstić information content (AvgIpc) is 3.24. The number of ether oxygens (including phenoxy) is 3. The summed E-state index contributed by atoms with van der Waals surface area (Å²) in [5, 5.41) is 36.2. The number of aliphatic hydroxyl groups excluding tert-OH is 2. The maximum atomic E-state index is 12.7. The molecule has 1 aliphatic heterocycles. The normalized spacial score (nSPS) is 17.2. The Morgan fingerprint density at radius 2 is 1.49 bits per heavy atom. The van der Waals surface area contributed by atoms with Crippen LogP contribution in [0.3, 0.4) is 0 Å². The van der Waals surface area contributed by atoms with Crippen LogP contribution in [0.25, 0.3) is 11.1 Å². The SMILES string of the molecule is CN(CC1CC(c2ccc(CO)cc2)OC(c2ccc(-c3cccc(CNC(=O)Nc4ccc(Oc5ccccc5)cc4)c3)cc2)O1)CC(O)c1cccc(O)c1. The summed E-state index contributed by atoms with van der Waals surface area (Å²) in [4.78, 5) is 14.8. The molecule has 2 amide bonds. The van der Waals surface area contributed by atoms with E-state index >= 15 is 0 Å². The minimum Gasteiger partial charge on any atom is -0.508 e. The predicted octanol–water partition coefficient (Wildman–Crippen LogP) is 8.88. The van der Waals surface area contributed by atoms with Gasteiger partial charge in [-0.1, -0.05) is 97.1 Å². The molecule has 5 N–H and O–H groups in total. The zero-order valence-electron chi connectivity index (χ0n) is 31.7. The van der Waals surface area contributed by atoms with E-state index in [0.29, 0.717) is 43.1 Å². The highest BCUT2D eigenvalue weighted by Crippen LogP contribution is 2.39. The lowest BCUT2D eigenvalue weighted by molar-refractivity contribution is -0.252. The van der Waals surface area contributed by atoms with Gasteiger partial charge in [-0.2, -0.15) is 0 Å². The van der Waals surface area contributed by atoms with Gasteiger partial charge >= 0.3 is 6.03 Å². The molecule has 292 valence electrons. The van der Waals surface area contributed by atoms with Gasteiger partial charge in [0.25, 0.3) is 0 Å². The van der Waals surface area contributed by atoms with Gasteiger partial charge in [-0.15, -0.1) is 0 Å². The first-order chi connectivity index (χ1) is 27.8. The second-order valence-corrected chi connectivity index (χ2v) is 14.3. The van der Waals surface area contributed by atoms with Gasteiger partial charge in [-0.25, -0.2) is 4.79 Å². The molecular weight excluding hydrogens is 719 g/mol. The van der Waals surface area contributed by atoms with Crippen molar-refractivity contribution >= 4 is 11.7 Å². The molecule has 7 rings (SSSR count). The molecule has 0 radical (unpaired) electrons. The van der Waals surface area contributed by atoms with Crippen LogP contribution >= 0.6 is 0 Å². The summed E-state index contributed by atoms with van der Waals surface area (Å²) in [6, 6.07) is 47.0. The fourth-order valence-corrected chi connectivity index (χ4v) is 6.87. The second-order valence-electron chi connectivity index (χ2n) is 14.3. The number of rotatable bonds is 14. The van der Waals surface area contributed by atoms with Crippen LogP contribution in [-0.4, -0.2) is 52.5 Å². The monoisotopic (exact) mass is 765 g/mol. The van der Waals surface area contributed by atoms with Crippen LogP contribution in [0, 0.1) is 0 Å². The minimum absolute atomic E-state index is 0.0326. The summed E-state index contributed by atoms with van der Waals surface area (Å²) in [6.45, 7) is 1.22. The third-order valence-electron chi connectivity index (χ3n) is 9.86. The van der Waals surface area contributed by atoms with Crippen molar-refractivity contribution in [3.63, 3.8) is 0 Å². The number of urea groups is 1. The highest BCUT2D eigenvalue weighted by molar-refractivity contribution is 5.89. The van der Waals surface area contributed by atoms with Crippen LogP contribution in [-0.2, 0) is 22.6 Å². The minimum atomic E-state index is -0.775. The number of phenols is 1. The molecule has 4 atom stereocenters. The van der Waals surface area contributed by atoms with Gasteiger partial charge in [-0.3, -0.25) is 0 Å². The Balaban J connectivity index is 0.973. The smallest absolute Gasteiger partial charge is 0.319 e. The molecule has 10 nitrogen and oxygen atoms in total. The number of hydrogen-bond donors (Lipinski definition) is 5. The number of aliphatic hydroxyl groups is 2. The van der Waals surface area contributed by atoms with E-state index in [-0.39, 0.29) is 30.6 Å². The number of phenolic OH excluding ortho intramolecular Hbond substituents is 1. The highest BCUT2D eigenvalue weighted by atomic mass is 16.7. The second kappa shape index (κ2) is 18.8. The molecule has 0 aliphatic carbocycles. The quantitative estimate of drug-likeness (QED) is 0.0743. The van der Waals surface area contributed by atoms with Crippen molar-refractivity contribution in [3.8, 4) is 28.4 Å². The van der Waals surface area contributed by atoms with Crippen molar-refractivity contribution in [1.82, 2.24) is 10.2 Å². The van der Waals surface area contributed by atoms with Gasteiger partial charge in [0, 0.05) is 37.3 Å². The van der Waals surface area contributed by atoms with Crippen molar-refractivity contribution < 1.29 is 34.3 Å². The summed E-state index contributed by atoms with van der Waals surface area (Å²) >= 11 is 0. The van der Waals surface area contributed by atoms with Crippen LogP contribution in [0.5, 0.6) is 17.2 Å². The standard InChI is InChI=1S/C47H47N3O7/c1-50(30-44(53)38-9-6-10-40(52)26-38)29-43-27-45(35-15-13-32(31-51)14-16-35)57-46(56-43)36-19-17-34(18-20-36)37-8-5-7-33(25-37)28-48-47(54)49-39-21-23-42(24-22-39)55-41-11-3-2-4-12-41/h2-26,43-46,51-53H,27-31H2,1H3,(H2,48,49,54). The van der Waals surface area contributed by atoms with Gasteiger partial charge in [0.15, 0.2) is 6.29 Å². The largest absolute Gasteiger partial charge is 0.508 e. The van der Waals surface area contributed by atoms with Crippen molar-refractivity contribution in [1.29, 1.82) is 0 Å². The van der Waals surface area contributed by atoms with Gasteiger partial charge < -0.3 is 45.1 Å². The highest BCUT2D eigenvalue weighted by Gasteiger charge is 2.33. The lowest BCUT2D eigenvalue weighted by Crippen LogP contribution is -2.39. The molecule has 1 saturated heterocycles. The number of nitrogens with zero attached hydrogens (tertiary/aromatic N) is 1. The topological polar surface area (TPSA) is 133 Å². The lowest BCUT2D eigenvalue weighted by atomic mass is 9.99. The van der Waals surface area contributed by atoms with E-state index in [1.807, 2.05) is 121 Å². The Labute approximate surface area is 332 Å². The number of para-hydroxylation sites is 1. The first-order valence-electron chi connectivity index (χ1n) is 19.0. The van der Waals surface area contributed by atoms with Crippen LogP contribution < -0.4 is 15.4 Å². The first-order valence-corrected chi connectivity index (χ1v) is 19.0.